The number of esters is 1. The largest absolute Gasteiger partial charge is 0.465 e. The molecule has 8 heteroatoms. The summed E-state index contributed by atoms with van der Waals surface area (Å²) in [6, 6.07) is 27.0. The Morgan fingerprint density at radius 2 is 1.63 bits per heavy atom. The van der Waals surface area contributed by atoms with Crippen LogP contribution in [0, 0.1) is 0 Å². The summed E-state index contributed by atoms with van der Waals surface area (Å²) in [5.74, 6) is -0.252. The van der Waals surface area contributed by atoms with Crippen LogP contribution in [0.2, 0.25) is 0 Å². The molecule has 8 nitrogen and oxygen atoms in total. The first-order chi connectivity index (χ1) is 22.1. The molecule has 0 saturated carbocycles. The van der Waals surface area contributed by atoms with E-state index in [9.17, 15) is 9.59 Å². The molecular formula is C38H45N3O5. The number of amides is 1. The fraction of sp³-hybridized carbons (Fsp3) is 0.368. The molecule has 0 unspecified atom stereocenters. The summed E-state index contributed by atoms with van der Waals surface area (Å²) in [5, 5.41) is 1.10. The van der Waals surface area contributed by atoms with Crippen molar-refractivity contribution < 1.29 is 23.8 Å². The van der Waals surface area contributed by atoms with Gasteiger partial charge in [0.25, 0.3) is 0 Å². The van der Waals surface area contributed by atoms with E-state index >= 15 is 0 Å². The second kappa shape index (κ2) is 14.8. The number of hydrogen-bond acceptors (Lipinski definition) is 6. The van der Waals surface area contributed by atoms with Crippen molar-refractivity contribution >= 4 is 28.5 Å². The van der Waals surface area contributed by atoms with Crippen LogP contribution in [0.4, 0.5) is 4.79 Å². The Hall–Kier alpha value is -4.40. The van der Waals surface area contributed by atoms with E-state index in [0.717, 1.165) is 33.2 Å². The number of benzene rings is 3. The molecule has 0 spiro atoms. The van der Waals surface area contributed by atoms with Crippen molar-refractivity contribution in [2.75, 3.05) is 40.1 Å². The summed E-state index contributed by atoms with van der Waals surface area (Å²) in [4.78, 5) is 29.1. The number of nitrogens with zero attached hydrogens (tertiary/aromatic N) is 3. The minimum absolute atomic E-state index is 0.172. The second-order valence-electron chi connectivity index (χ2n) is 12.8. The van der Waals surface area contributed by atoms with Gasteiger partial charge in [-0.2, -0.15) is 0 Å². The molecule has 0 atom stereocenters. The molecule has 5 rings (SSSR count). The van der Waals surface area contributed by atoms with Crippen LogP contribution in [0.1, 0.15) is 45.2 Å². The van der Waals surface area contributed by atoms with Crippen LogP contribution in [0.25, 0.3) is 27.6 Å². The van der Waals surface area contributed by atoms with Gasteiger partial charge < -0.3 is 23.7 Å². The molecule has 2 heterocycles. The molecule has 0 aliphatic carbocycles. The number of hydrogen-bond donors (Lipinski definition) is 0. The number of ether oxygens (including phenoxy) is 3. The third-order valence-electron chi connectivity index (χ3n) is 7.91. The lowest BCUT2D eigenvalue weighted by Crippen LogP contribution is -2.41. The minimum atomic E-state index is -0.566. The molecule has 46 heavy (non-hydrogen) atoms. The fourth-order valence-electron chi connectivity index (χ4n) is 5.90. The van der Waals surface area contributed by atoms with Crippen molar-refractivity contribution in [3.05, 3.63) is 102 Å². The Kier molecular flexibility index (Phi) is 10.6. The molecule has 0 bridgehead atoms. The van der Waals surface area contributed by atoms with E-state index in [1.807, 2.05) is 69.8 Å². The Morgan fingerprint density at radius 1 is 0.913 bits per heavy atom. The summed E-state index contributed by atoms with van der Waals surface area (Å²) in [6.07, 6.45) is 2.43. The molecule has 1 aromatic heterocycles. The summed E-state index contributed by atoms with van der Waals surface area (Å²) >= 11 is 0. The van der Waals surface area contributed by atoms with Crippen molar-refractivity contribution in [1.82, 2.24) is 14.4 Å². The Morgan fingerprint density at radius 3 is 2.39 bits per heavy atom. The zero-order chi connectivity index (χ0) is 32.7. The van der Waals surface area contributed by atoms with Crippen molar-refractivity contribution in [3.8, 4) is 11.1 Å². The zero-order valence-corrected chi connectivity index (χ0v) is 27.6. The monoisotopic (exact) mass is 623 g/mol. The predicted molar refractivity (Wildman–Crippen MR) is 182 cm³/mol. The van der Waals surface area contributed by atoms with Crippen molar-refractivity contribution in [3.63, 3.8) is 0 Å². The summed E-state index contributed by atoms with van der Waals surface area (Å²) in [5.41, 5.74) is 7.29. The van der Waals surface area contributed by atoms with E-state index in [2.05, 4.69) is 59.5 Å². The van der Waals surface area contributed by atoms with E-state index in [0.29, 0.717) is 46.0 Å². The minimum Gasteiger partial charge on any atom is -0.465 e. The Balaban J connectivity index is 1.32. The third kappa shape index (κ3) is 8.44. The van der Waals surface area contributed by atoms with Gasteiger partial charge in [-0.15, -0.1) is 0 Å². The Bertz CT molecular complexity index is 1690. The molecule has 0 fully saturated rings. The molecule has 1 aliphatic heterocycles. The van der Waals surface area contributed by atoms with Gasteiger partial charge in [-0.05, 0) is 86.7 Å². The lowest BCUT2D eigenvalue weighted by atomic mass is 9.91. The van der Waals surface area contributed by atoms with Gasteiger partial charge >= 0.3 is 12.1 Å². The number of aromatic nitrogens is 1. The number of para-hydroxylation sites is 1. The van der Waals surface area contributed by atoms with Crippen LogP contribution >= 0.6 is 0 Å². The van der Waals surface area contributed by atoms with Gasteiger partial charge in [0.15, 0.2) is 0 Å². The van der Waals surface area contributed by atoms with Gasteiger partial charge in [-0.25, -0.2) is 4.79 Å². The first-order valence-electron chi connectivity index (χ1n) is 15.9. The van der Waals surface area contributed by atoms with Gasteiger partial charge in [0, 0.05) is 36.7 Å². The van der Waals surface area contributed by atoms with Crippen molar-refractivity contribution in [2.24, 2.45) is 0 Å². The lowest BCUT2D eigenvalue weighted by molar-refractivity contribution is -0.143. The van der Waals surface area contributed by atoms with Gasteiger partial charge in [0.1, 0.15) is 12.1 Å². The fourth-order valence-corrected chi connectivity index (χ4v) is 5.90. The quantitative estimate of drug-likeness (QED) is 0.128. The van der Waals surface area contributed by atoms with Crippen molar-refractivity contribution in [1.29, 1.82) is 0 Å². The molecule has 0 radical (unpaired) electrons. The molecule has 0 saturated heterocycles. The van der Waals surface area contributed by atoms with Crippen molar-refractivity contribution in [2.45, 2.75) is 52.8 Å². The lowest BCUT2D eigenvalue weighted by Gasteiger charge is -2.33. The molecule has 1 amide bonds. The molecule has 0 N–H and O–H groups in total. The number of rotatable bonds is 11. The molecule has 4 aromatic rings. The smallest absolute Gasteiger partial charge is 0.410 e. The number of fused-ring (bicyclic) bond motifs is 1. The van der Waals surface area contributed by atoms with Gasteiger partial charge in [-0.1, -0.05) is 66.7 Å². The van der Waals surface area contributed by atoms with Crippen LogP contribution in [-0.4, -0.2) is 72.1 Å². The SMILES string of the molecule is CCOC(=O)Cn1cc(CN(C)COCC2=C(c3cccc(-c4ccccc4)c3)CCN(C(=O)OC(C)(C)C)C2)c2ccccc21. The topological polar surface area (TPSA) is 73.2 Å². The van der Waals surface area contributed by atoms with Gasteiger partial charge in [0.05, 0.1) is 19.9 Å². The second-order valence-corrected chi connectivity index (χ2v) is 12.8. The first kappa shape index (κ1) is 33.0. The highest BCUT2D eigenvalue weighted by atomic mass is 16.6. The predicted octanol–water partition coefficient (Wildman–Crippen LogP) is 7.37. The van der Waals surface area contributed by atoms with E-state index in [1.165, 1.54) is 11.1 Å². The molecule has 242 valence electrons. The molecule has 1 aliphatic rings. The maximum Gasteiger partial charge on any atom is 0.410 e. The average molecular weight is 624 g/mol. The van der Waals surface area contributed by atoms with E-state index in [4.69, 9.17) is 14.2 Å². The highest BCUT2D eigenvalue weighted by molar-refractivity contribution is 5.85. The van der Waals surface area contributed by atoms with Crippen LogP contribution in [-0.2, 0) is 32.1 Å². The zero-order valence-electron chi connectivity index (χ0n) is 27.6. The maximum absolute atomic E-state index is 13.0. The average Bonchev–Trinajstić information content (AvgIpc) is 3.37. The van der Waals surface area contributed by atoms with Crippen LogP contribution in [0.3, 0.4) is 0 Å². The van der Waals surface area contributed by atoms with Gasteiger partial charge in [0.2, 0.25) is 0 Å². The normalized spacial score (nSPS) is 13.8. The van der Waals surface area contributed by atoms with Crippen LogP contribution in [0.5, 0.6) is 0 Å². The highest BCUT2D eigenvalue weighted by Gasteiger charge is 2.28. The third-order valence-corrected chi connectivity index (χ3v) is 7.91. The van der Waals surface area contributed by atoms with Crippen LogP contribution < -0.4 is 0 Å². The van der Waals surface area contributed by atoms with Crippen LogP contribution in [0.15, 0.2) is 90.6 Å². The summed E-state index contributed by atoms with van der Waals surface area (Å²) in [6.45, 7) is 10.5. The number of carbonyl (C=O) groups is 2. The highest BCUT2D eigenvalue weighted by Crippen LogP contribution is 2.32. The standard InChI is InChI=1S/C38H45N3O5/c1-6-45-36(42)25-41-23-31(34-17-10-11-18-35(34)41)22-39(5)27-44-26-32-24-40(37(43)46-38(2,3)4)20-19-33(32)30-16-12-15-29(21-30)28-13-8-7-9-14-28/h7-18,21,23H,6,19-20,22,24-27H2,1-5H3. The number of carbonyl (C=O) groups excluding carboxylic acids is 2. The summed E-state index contributed by atoms with van der Waals surface area (Å²) in [7, 11) is 2.02. The summed E-state index contributed by atoms with van der Waals surface area (Å²) < 4.78 is 19.2. The molecule has 3 aromatic carbocycles. The van der Waals surface area contributed by atoms with E-state index < -0.39 is 5.60 Å². The van der Waals surface area contributed by atoms with Gasteiger partial charge in [-0.3, -0.25) is 9.69 Å². The van der Waals surface area contributed by atoms with E-state index in [1.54, 1.807) is 4.90 Å². The molecular weight excluding hydrogens is 578 g/mol. The van der Waals surface area contributed by atoms with E-state index in [-0.39, 0.29) is 18.6 Å². The first-order valence-corrected chi connectivity index (χ1v) is 15.9. The Labute approximate surface area is 272 Å². The maximum atomic E-state index is 13.0.